The number of hydrogen-bond donors (Lipinski definition) is 1. The highest BCUT2D eigenvalue weighted by molar-refractivity contribution is 9.10. The van der Waals surface area contributed by atoms with Gasteiger partial charge < -0.3 is 10.1 Å². The van der Waals surface area contributed by atoms with E-state index in [1.54, 1.807) is 0 Å². The maximum absolute atomic E-state index is 6.01. The lowest BCUT2D eigenvalue weighted by Gasteiger charge is -2.17. The first-order valence-electron chi connectivity index (χ1n) is 6.61. The molecule has 0 spiro atoms. The summed E-state index contributed by atoms with van der Waals surface area (Å²) in [4.78, 5) is 0. The summed E-state index contributed by atoms with van der Waals surface area (Å²) in [6.45, 7) is 2.95. The van der Waals surface area contributed by atoms with Crippen LogP contribution in [0.3, 0.4) is 0 Å². The average molecular weight is 353 g/mol. The summed E-state index contributed by atoms with van der Waals surface area (Å²) in [5.41, 5.74) is 3.61. The van der Waals surface area contributed by atoms with Crippen LogP contribution >= 0.6 is 27.5 Å². The fourth-order valence-corrected chi connectivity index (χ4v) is 2.89. The molecule has 0 aromatic heterocycles. The van der Waals surface area contributed by atoms with Crippen molar-refractivity contribution >= 4 is 33.2 Å². The summed E-state index contributed by atoms with van der Waals surface area (Å²) in [6.07, 6.45) is 1.00. The zero-order valence-corrected chi connectivity index (χ0v) is 13.5. The summed E-state index contributed by atoms with van der Waals surface area (Å²) in [7, 11) is 0. The molecule has 1 aliphatic heterocycles. The molecular weight excluding hydrogens is 338 g/mol. The van der Waals surface area contributed by atoms with Crippen LogP contribution in [0.1, 0.15) is 24.1 Å². The predicted octanol–water partition coefficient (Wildman–Crippen LogP) is 5.21. The molecule has 0 radical (unpaired) electrons. The summed E-state index contributed by atoms with van der Waals surface area (Å²) >= 11 is 9.45. The number of rotatable bonds is 3. The maximum atomic E-state index is 6.01. The Kier molecular flexibility index (Phi) is 3.90. The predicted molar refractivity (Wildman–Crippen MR) is 86.8 cm³/mol. The molecule has 0 fully saturated rings. The van der Waals surface area contributed by atoms with Crippen LogP contribution in [0, 0.1) is 0 Å². The van der Waals surface area contributed by atoms with Gasteiger partial charge in [0.2, 0.25) is 0 Å². The van der Waals surface area contributed by atoms with E-state index in [2.05, 4.69) is 46.4 Å². The molecule has 0 aliphatic carbocycles. The zero-order valence-electron chi connectivity index (χ0n) is 11.1. The zero-order chi connectivity index (χ0) is 14.1. The van der Waals surface area contributed by atoms with E-state index in [1.807, 2.05) is 18.2 Å². The molecule has 1 unspecified atom stereocenters. The number of hydrogen-bond acceptors (Lipinski definition) is 2. The minimum absolute atomic E-state index is 0.231. The number of nitrogens with one attached hydrogen (secondary N) is 1. The van der Waals surface area contributed by atoms with Gasteiger partial charge in [0.25, 0.3) is 0 Å². The smallest absolute Gasteiger partial charge is 0.122 e. The van der Waals surface area contributed by atoms with E-state index in [0.29, 0.717) is 0 Å². The van der Waals surface area contributed by atoms with Crippen molar-refractivity contribution in [3.63, 3.8) is 0 Å². The Morgan fingerprint density at radius 1 is 1.25 bits per heavy atom. The van der Waals surface area contributed by atoms with Crippen molar-refractivity contribution in [2.24, 2.45) is 0 Å². The number of fused-ring (bicyclic) bond motifs is 1. The molecule has 1 N–H and O–H groups in total. The second kappa shape index (κ2) is 5.66. The van der Waals surface area contributed by atoms with Crippen molar-refractivity contribution in [2.45, 2.75) is 19.4 Å². The highest BCUT2D eigenvalue weighted by Gasteiger charge is 2.14. The van der Waals surface area contributed by atoms with Crippen molar-refractivity contribution in [1.82, 2.24) is 0 Å². The lowest BCUT2D eigenvalue weighted by molar-refractivity contribution is 0.357. The average Bonchev–Trinajstić information content (AvgIpc) is 2.90. The Bertz CT molecular complexity index is 644. The molecule has 2 aromatic rings. The van der Waals surface area contributed by atoms with E-state index in [4.69, 9.17) is 16.3 Å². The van der Waals surface area contributed by atoms with Gasteiger partial charge in [0.15, 0.2) is 0 Å². The van der Waals surface area contributed by atoms with Crippen molar-refractivity contribution in [3.8, 4) is 5.75 Å². The van der Waals surface area contributed by atoms with E-state index in [1.165, 1.54) is 11.1 Å². The molecule has 20 heavy (non-hydrogen) atoms. The van der Waals surface area contributed by atoms with E-state index < -0.39 is 0 Å². The fraction of sp³-hybridized carbons (Fsp3) is 0.250. The van der Waals surface area contributed by atoms with Crippen LogP contribution in [0.25, 0.3) is 0 Å². The molecule has 2 nitrogen and oxygen atoms in total. The van der Waals surface area contributed by atoms with E-state index in [-0.39, 0.29) is 6.04 Å². The van der Waals surface area contributed by atoms with Gasteiger partial charge in [-0.3, -0.25) is 0 Å². The first-order chi connectivity index (χ1) is 9.63. The lowest BCUT2D eigenvalue weighted by Crippen LogP contribution is -2.06. The summed E-state index contributed by atoms with van der Waals surface area (Å²) < 4.78 is 6.44. The third-order valence-electron chi connectivity index (χ3n) is 3.52. The Morgan fingerprint density at radius 3 is 2.90 bits per heavy atom. The first kappa shape index (κ1) is 13.8. The molecule has 104 valence electrons. The summed E-state index contributed by atoms with van der Waals surface area (Å²) in [6, 6.07) is 12.5. The second-order valence-electron chi connectivity index (χ2n) is 4.96. The van der Waals surface area contributed by atoms with Crippen molar-refractivity contribution in [1.29, 1.82) is 0 Å². The van der Waals surface area contributed by atoms with Crippen molar-refractivity contribution < 1.29 is 4.74 Å². The van der Waals surface area contributed by atoms with Crippen LogP contribution in [0.15, 0.2) is 40.9 Å². The number of ether oxygens (including phenoxy) is 1. The molecular formula is C16H15BrClNO. The van der Waals surface area contributed by atoms with Gasteiger partial charge in [-0.2, -0.15) is 0 Å². The van der Waals surface area contributed by atoms with Gasteiger partial charge >= 0.3 is 0 Å². The monoisotopic (exact) mass is 351 g/mol. The Morgan fingerprint density at radius 2 is 2.10 bits per heavy atom. The van der Waals surface area contributed by atoms with Crippen LogP contribution < -0.4 is 10.1 Å². The van der Waals surface area contributed by atoms with E-state index in [0.717, 1.165) is 34.0 Å². The maximum Gasteiger partial charge on any atom is 0.122 e. The van der Waals surface area contributed by atoms with Crippen LogP contribution in [-0.2, 0) is 6.42 Å². The minimum atomic E-state index is 0.231. The first-order valence-corrected chi connectivity index (χ1v) is 7.78. The van der Waals surface area contributed by atoms with E-state index >= 15 is 0 Å². The Labute approximate surface area is 132 Å². The van der Waals surface area contributed by atoms with Gasteiger partial charge in [-0.15, -0.1) is 0 Å². The third-order valence-corrected chi connectivity index (χ3v) is 4.73. The minimum Gasteiger partial charge on any atom is -0.493 e. The van der Waals surface area contributed by atoms with E-state index in [9.17, 15) is 0 Å². The van der Waals surface area contributed by atoms with Crippen molar-refractivity contribution in [3.05, 3.63) is 57.0 Å². The van der Waals surface area contributed by atoms with Crippen LogP contribution in [0.4, 0.5) is 5.69 Å². The number of anilines is 1. The summed E-state index contributed by atoms with van der Waals surface area (Å²) in [5.74, 6) is 1.02. The molecule has 0 saturated heterocycles. The molecule has 1 aliphatic rings. The Balaban J connectivity index is 1.78. The lowest BCUT2D eigenvalue weighted by atomic mass is 10.0. The van der Waals surface area contributed by atoms with Gasteiger partial charge in [0.1, 0.15) is 5.75 Å². The molecule has 0 amide bonds. The SMILES string of the molecule is CC(Nc1ccc(Cl)c(Br)c1)c1ccc2c(c1)CCO2. The molecule has 1 atom stereocenters. The molecule has 3 rings (SSSR count). The van der Waals surface area contributed by atoms with Gasteiger partial charge in [-0.1, -0.05) is 17.7 Å². The standard InChI is InChI=1S/C16H15BrClNO/c1-10(19-13-3-4-15(18)14(17)9-13)11-2-5-16-12(8-11)6-7-20-16/h2-5,8-10,19H,6-7H2,1H3. The van der Waals surface area contributed by atoms with Gasteiger partial charge in [-0.25, -0.2) is 0 Å². The largest absolute Gasteiger partial charge is 0.493 e. The number of halogens is 2. The Hall–Kier alpha value is -1.19. The topological polar surface area (TPSA) is 21.3 Å². The highest BCUT2D eigenvalue weighted by atomic mass is 79.9. The van der Waals surface area contributed by atoms with Crippen LogP contribution in [-0.4, -0.2) is 6.61 Å². The quantitative estimate of drug-likeness (QED) is 0.818. The molecule has 2 aromatic carbocycles. The summed E-state index contributed by atoms with van der Waals surface area (Å²) in [5, 5.41) is 4.21. The molecule has 0 saturated carbocycles. The third kappa shape index (κ3) is 2.79. The molecule has 0 bridgehead atoms. The fourth-order valence-electron chi connectivity index (χ4n) is 2.40. The van der Waals surface area contributed by atoms with Crippen molar-refractivity contribution in [2.75, 3.05) is 11.9 Å². The van der Waals surface area contributed by atoms with Crippen LogP contribution in [0.5, 0.6) is 5.75 Å². The van der Waals surface area contributed by atoms with Gasteiger partial charge in [0.05, 0.1) is 11.6 Å². The molecule has 1 heterocycles. The normalized spacial score (nSPS) is 14.6. The van der Waals surface area contributed by atoms with Crippen LogP contribution in [0.2, 0.25) is 5.02 Å². The van der Waals surface area contributed by atoms with Gasteiger partial charge in [-0.05, 0) is 64.3 Å². The second-order valence-corrected chi connectivity index (χ2v) is 6.22. The molecule has 4 heteroatoms. The highest BCUT2D eigenvalue weighted by Crippen LogP contribution is 2.31. The number of benzene rings is 2. The van der Waals surface area contributed by atoms with Gasteiger partial charge in [0, 0.05) is 22.6 Å².